The van der Waals surface area contributed by atoms with Crippen molar-refractivity contribution in [1.29, 1.82) is 0 Å². The van der Waals surface area contributed by atoms with E-state index in [1.165, 1.54) is 0 Å². The number of nitrogens with two attached hydrogens (primary N) is 1. The maximum Gasteiger partial charge on any atom is 0.226 e. The van der Waals surface area contributed by atoms with E-state index in [1.807, 2.05) is 12.1 Å². The highest BCUT2D eigenvalue weighted by atomic mass is 35.5. The number of hydrogen-bond acceptors (Lipinski definition) is 6. The van der Waals surface area contributed by atoms with E-state index in [-0.39, 0.29) is 22.9 Å². The first-order valence-corrected chi connectivity index (χ1v) is 12.2. The van der Waals surface area contributed by atoms with Gasteiger partial charge in [0.25, 0.3) is 0 Å². The minimum Gasteiger partial charge on any atom is -0.382 e. The van der Waals surface area contributed by atoms with Gasteiger partial charge in [-0.1, -0.05) is 17.7 Å². The number of pyridine rings is 1. The summed E-state index contributed by atoms with van der Waals surface area (Å²) < 4.78 is 24.3. The van der Waals surface area contributed by atoms with Crippen LogP contribution in [0.2, 0.25) is 5.02 Å². The van der Waals surface area contributed by atoms with Crippen LogP contribution in [-0.4, -0.2) is 44.7 Å². The van der Waals surface area contributed by atoms with Crippen LogP contribution >= 0.6 is 11.6 Å². The number of anilines is 2. The number of carbonyl (C=O) groups is 1. The Morgan fingerprint density at radius 2 is 1.97 bits per heavy atom. The topological polar surface area (TPSA) is 105 Å². The van der Waals surface area contributed by atoms with E-state index in [0.29, 0.717) is 29.4 Å². The normalized spacial score (nSPS) is 21.6. The second kappa shape index (κ2) is 6.85. The second-order valence-electron chi connectivity index (χ2n) is 8.38. The van der Waals surface area contributed by atoms with Gasteiger partial charge in [-0.2, -0.15) is 0 Å². The number of rotatable bonds is 2. The smallest absolute Gasteiger partial charge is 0.226 e. The van der Waals surface area contributed by atoms with Crippen molar-refractivity contribution in [2.45, 2.75) is 30.6 Å². The van der Waals surface area contributed by atoms with Crippen LogP contribution in [0.5, 0.6) is 0 Å². The van der Waals surface area contributed by atoms with Crippen LogP contribution < -0.4 is 16.0 Å². The van der Waals surface area contributed by atoms with E-state index in [2.05, 4.69) is 15.2 Å². The number of aryl methyl sites for hydroxylation is 1. The molecule has 3 aliphatic heterocycles. The lowest BCUT2D eigenvalue weighted by Gasteiger charge is -2.39. The van der Waals surface area contributed by atoms with Crippen LogP contribution in [0.1, 0.15) is 24.8 Å². The number of nitrogens with zero attached hydrogens (tertiary/aromatic N) is 2. The fraction of sp³-hybridized carbons (Fsp3) is 0.429. The number of nitrogen functional groups attached to an aromatic ring is 1. The summed E-state index contributed by atoms with van der Waals surface area (Å²) in [5.41, 5.74) is 9.08. The minimum absolute atomic E-state index is 0.148. The highest BCUT2D eigenvalue weighted by Gasteiger charge is 2.44. The molecule has 0 bridgehead atoms. The molecule has 9 heteroatoms. The first kappa shape index (κ1) is 19.6. The van der Waals surface area contributed by atoms with Crippen molar-refractivity contribution >= 4 is 38.9 Å². The number of amides is 1. The first-order valence-electron chi connectivity index (χ1n) is 10.1. The summed E-state index contributed by atoms with van der Waals surface area (Å²) >= 11 is 6.62. The molecule has 158 valence electrons. The molecule has 5 rings (SSSR count). The molecule has 2 saturated heterocycles. The molecule has 1 aromatic carbocycles. The van der Waals surface area contributed by atoms with Gasteiger partial charge in [-0.25, -0.2) is 13.4 Å². The lowest BCUT2D eigenvalue weighted by atomic mass is 9.77. The molecule has 1 aromatic heterocycles. The Balaban J connectivity index is 1.53. The lowest BCUT2D eigenvalue weighted by molar-refractivity contribution is -0.128. The summed E-state index contributed by atoms with van der Waals surface area (Å²) in [5, 5.41) is 3.36. The van der Waals surface area contributed by atoms with Gasteiger partial charge >= 0.3 is 0 Å². The SMILES string of the molecule is Nc1ncc(-c2ccc3c(c2)CCS3(=O)=O)c(N2CCC3(CCNC3=O)CC2)c1Cl. The molecular formula is C21H23ClN4O3S. The zero-order valence-corrected chi connectivity index (χ0v) is 18.0. The third-order valence-electron chi connectivity index (χ3n) is 6.77. The molecular weight excluding hydrogens is 424 g/mol. The number of halogens is 1. The van der Waals surface area contributed by atoms with E-state index in [9.17, 15) is 13.2 Å². The van der Waals surface area contributed by atoms with Crippen molar-refractivity contribution in [2.75, 3.05) is 36.0 Å². The van der Waals surface area contributed by atoms with Crippen molar-refractivity contribution in [3.63, 3.8) is 0 Å². The summed E-state index contributed by atoms with van der Waals surface area (Å²) in [6.45, 7) is 2.14. The van der Waals surface area contributed by atoms with Gasteiger partial charge in [0, 0.05) is 31.4 Å². The van der Waals surface area contributed by atoms with Crippen LogP contribution in [0, 0.1) is 5.41 Å². The Morgan fingerprint density at radius 1 is 1.20 bits per heavy atom. The van der Waals surface area contributed by atoms with Gasteiger partial charge in [0.05, 0.1) is 21.8 Å². The largest absolute Gasteiger partial charge is 0.382 e. The van der Waals surface area contributed by atoms with Gasteiger partial charge in [0.1, 0.15) is 10.8 Å². The van der Waals surface area contributed by atoms with Crippen molar-refractivity contribution in [3.8, 4) is 11.1 Å². The maximum absolute atomic E-state index is 12.3. The van der Waals surface area contributed by atoms with Crippen LogP contribution in [-0.2, 0) is 21.1 Å². The Bertz CT molecular complexity index is 1160. The van der Waals surface area contributed by atoms with E-state index < -0.39 is 9.84 Å². The molecule has 1 amide bonds. The molecule has 3 N–H and O–H groups in total. The lowest BCUT2D eigenvalue weighted by Crippen LogP contribution is -2.44. The highest BCUT2D eigenvalue weighted by Crippen LogP contribution is 2.45. The van der Waals surface area contributed by atoms with Crippen molar-refractivity contribution < 1.29 is 13.2 Å². The summed E-state index contributed by atoms with van der Waals surface area (Å²) in [4.78, 5) is 19.2. The van der Waals surface area contributed by atoms with Crippen molar-refractivity contribution in [2.24, 2.45) is 5.41 Å². The zero-order chi connectivity index (χ0) is 21.1. The van der Waals surface area contributed by atoms with Gasteiger partial charge in [-0.05, 0) is 48.9 Å². The Hall–Kier alpha value is -2.32. The molecule has 2 aromatic rings. The zero-order valence-electron chi connectivity index (χ0n) is 16.4. The second-order valence-corrected chi connectivity index (χ2v) is 10.8. The van der Waals surface area contributed by atoms with Crippen LogP contribution in [0.25, 0.3) is 11.1 Å². The highest BCUT2D eigenvalue weighted by molar-refractivity contribution is 7.91. The van der Waals surface area contributed by atoms with Crippen LogP contribution in [0.4, 0.5) is 11.5 Å². The summed E-state index contributed by atoms with van der Waals surface area (Å²) in [7, 11) is -3.18. The van der Waals surface area contributed by atoms with Gasteiger partial charge in [-0.3, -0.25) is 4.79 Å². The molecule has 0 unspecified atom stereocenters. The standard InChI is InChI=1S/C21H23ClN4O3S/c22-17-18(26-8-5-21(6-9-26)4-7-24-20(21)27)15(12-25-19(17)23)13-1-2-16-14(11-13)3-10-30(16,28)29/h1-2,11-12H,3-10H2,(H2,23,25)(H,24,27). The van der Waals surface area contributed by atoms with E-state index in [1.54, 1.807) is 12.3 Å². The maximum atomic E-state index is 12.3. The molecule has 0 atom stereocenters. The average molecular weight is 447 g/mol. The molecule has 30 heavy (non-hydrogen) atoms. The van der Waals surface area contributed by atoms with Crippen molar-refractivity contribution in [3.05, 3.63) is 35.0 Å². The third-order valence-corrected chi connectivity index (χ3v) is 8.96. The average Bonchev–Trinajstić information content (AvgIpc) is 3.24. The van der Waals surface area contributed by atoms with E-state index in [4.69, 9.17) is 17.3 Å². The number of carbonyl (C=O) groups excluding carboxylic acids is 1. The number of piperidine rings is 1. The molecule has 1 spiro atoms. The molecule has 2 fully saturated rings. The van der Waals surface area contributed by atoms with Gasteiger partial charge in [-0.15, -0.1) is 0 Å². The molecule has 4 heterocycles. The monoisotopic (exact) mass is 446 g/mol. The van der Waals surface area contributed by atoms with Gasteiger partial charge in [0.2, 0.25) is 5.91 Å². The first-order chi connectivity index (χ1) is 14.3. The summed E-state index contributed by atoms with van der Waals surface area (Å²) in [6, 6.07) is 5.41. The Morgan fingerprint density at radius 3 is 2.67 bits per heavy atom. The quantitative estimate of drug-likeness (QED) is 0.733. The fourth-order valence-corrected chi connectivity index (χ4v) is 6.78. The number of hydrogen-bond donors (Lipinski definition) is 2. The molecule has 0 aliphatic carbocycles. The predicted octanol–water partition coefficient (Wildman–Crippen LogP) is 2.42. The number of fused-ring (bicyclic) bond motifs is 1. The molecule has 0 saturated carbocycles. The predicted molar refractivity (Wildman–Crippen MR) is 116 cm³/mol. The van der Waals surface area contributed by atoms with Crippen LogP contribution in [0.3, 0.4) is 0 Å². The van der Waals surface area contributed by atoms with Crippen LogP contribution in [0.15, 0.2) is 29.3 Å². The number of benzene rings is 1. The number of nitrogens with one attached hydrogen (secondary N) is 1. The Labute approximate surface area is 180 Å². The fourth-order valence-electron chi connectivity index (χ4n) is 4.96. The van der Waals surface area contributed by atoms with E-state index in [0.717, 1.165) is 48.2 Å². The number of sulfone groups is 1. The summed E-state index contributed by atoms with van der Waals surface area (Å²) in [5.74, 6) is 0.566. The molecule has 0 radical (unpaired) electrons. The van der Waals surface area contributed by atoms with E-state index >= 15 is 0 Å². The van der Waals surface area contributed by atoms with Crippen molar-refractivity contribution in [1.82, 2.24) is 10.3 Å². The van der Waals surface area contributed by atoms with Gasteiger partial charge in [0.15, 0.2) is 9.84 Å². The summed E-state index contributed by atoms with van der Waals surface area (Å²) in [6.07, 6.45) is 4.61. The Kier molecular flexibility index (Phi) is 4.48. The minimum atomic E-state index is -3.18. The number of aromatic nitrogens is 1. The molecule has 7 nitrogen and oxygen atoms in total. The van der Waals surface area contributed by atoms with Gasteiger partial charge < -0.3 is 16.0 Å². The third kappa shape index (κ3) is 2.96. The molecule has 3 aliphatic rings.